The van der Waals surface area contributed by atoms with Crippen molar-refractivity contribution < 1.29 is 0 Å². The average molecular weight is 198 g/mol. The van der Waals surface area contributed by atoms with Crippen LogP contribution in [-0.2, 0) is 0 Å². The lowest BCUT2D eigenvalue weighted by Crippen LogP contribution is -2.41. The number of nitrogens with one attached hydrogen (secondary N) is 1. The molecule has 0 amide bonds. The lowest BCUT2D eigenvalue weighted by atomic mass is 10.1. The first-order valence-corrected chi connectivity index (χ1v) is 6.05. The smallest absolute Gasteiger partial charge is 0.0195 e. The molecule has 1 fully saturated rings. The van der Waals surface area contributed by atoms with E-state index in [2.05, 4.69) is 31.0 Å². The van der Waals surface area contributed by atoms with Crippen molar-refractivity contribution in [2.45, 2.75) is 52.1 Å². The quantitative estimate of drug-likeness (QED) is 0.674. The van der Waals surface area contributed by atoms with E-state index >= 15 is 0 Å². The maximum Gasteiger partial charge on any atom is 0.0195 e. The van der Waals surface area contributed by atoms with E-state index in [4.69, 9.17) is 0 Å². The van der Waals surface area contributed by atoms with Gasteiger partial charge in [0, 0.05) is 18.6 Å². The van der Waals surface area contributed by atoms with Crippen LogP contribution < -0.4 is 5.32 Å². The molecule has 0 spiro atoms. The Bertz CT molecular complexity index is 152. The normalized spacial score (nSPS) is 19.3. The fourth-order valence-electron chi connectivity index (χ4n) is 1.99. The van der Waals surface area contributed by atoms with E-state index in [1.807, 2.05) is 7.05 Å². The first-order valence-electron chi connectivity index (χ1n) is 6.05. The van der Waals surface area contributed by atoms with Gasteiger partial charge in [-0.3, -0.25) is 4.90 Å². The zero-order chi connectivity index (χ0) is 10.6. The van der Waals surface area contributed by atoms with Crippen LogP contribution in [0, 0.1) is 5.92 Å². The Hall–Kier alpha value is -0.0800. The molecule has 0 bridgehead atoms. The monoisotopic (exact) mass is 198 g/mol. The van der Waals surface area contributed by atoms with Gasteiger partial charge in [-0.05, 0) is 45.7 Å². The Labute approximate surface area is 89.1 Å². The van der Waals surface area contributed by atoms with Gasteiger partial charge in [-0.1, -0.05) is 13.8 Å². The highest BCUT2D eigenvalue weighted by Gasteiger charge is 2.31. The van der Waals surface area contributed by atoms with E-state index in [1.54, 1.807) is 0 Å². The van der Waals surface area contributed by atoms with Crippen LogP contribution in [-0.4, -0.2) is 37.1 Å². The molecule has 0 saturated heterocycles. The highest BCUT2D eigenvalue weighted by Crippen LogP contribution is 2.28. The largest absolute Gasteiger partial charge is 0.318 e. The van der Waals surface area contributed by atoms with E-state index < -0.39 is 0 Å². The molecule has 0 aromatic rings. The molecule has 1 aliphatic carbocycles. The third-order valence-electron chi connectivity index (χ3n) is 3.05. The molecular formula is C12H26N2. The summed E-state index contributed by atoms with van der Waals surface area (Å²) in [5.74, 6) is 0.832. The van der Waals surface area contributed by atoms with Crippen LogP contribution in [0.1, 0.15) is 40.0 Å². The summed E-state index contributed by atoms with van der Waals surface area (Å²) in [6.07, 6.45) is 4.18. The second-order valence-electron chi connectivity index (χ2n) is 5.06. The third kappa shape index (κ3) is 3.97. The van der Waals surface area contributed by atoms with Gasteiger partial charge in [0.05, 0.1) is 0 Å². The van der Waals surface area contributed by atoms with Gasteiger partial charge < -0.3 is 5.32 Å². The Morgan fingerprint density at radius 3 is 2.36 bits per heavy atom. The molecule has 0 aliphatic heterocycles. The van der Waals surface area contributed by atoms with Gasteiger partial charge in [-0.2, -0.15) is 0 Å². The zero-order valence-corrected chi connectivity index (χ0v) is 10.2. The van der Waals surface area contributed by atoms with Crippen molar-refractivity contribution in [2.75, 3.05) is 20.1 Å². The van der Waals surface area contributed by atoms with Crippen molar-refractivity contribution in [2.24, 2.45) is 5.92 Å². The Morgan fingerprint density at radius 2 is 1.93 bits per heavy atom. The summed E-state index contributed by atoms with van der Waals surface area (Å²) in [7, 11) is 2.05. The molecule has 1 unspecified atom stereocenters. The summed E-state index contributed by atoms with van der Waals surface area (Å²) in [5.41, 5.74) is 0. The van der Waals surface area contributed by atoms with Crippen molar-refractivity contribution in [3.63, 3.8) is 0 Å². The van der Waals surface area contributed by atoms with Crippen molar-refractivity contribution in [1.29, 1.82) is 0 Å². The van der Waals surface area contributed by atoms with Gasteiger partial charge in [-0.15, -0.1) is 0 Å². The molecule has 1 saturated carbocycles. The second-order valence-corrected chi connectivity index (χ2v) is 5.06. The summed E-state index contributed by atoms with van der Waals surface area (Å²) < 4.78 is 0. The molecule has 0 aromatic heterocycles. The van der Waals surface area contributed by atoms with Crippen LogP contribution in [0.15, 0.2) is 0 Å². The van der Waals surface area contributed by atoms with E-state index in [0.29, 0.717) is 6.04 Å². The zero-order valence-electron chi connectivity index (χ0n) is 10.2. The standard InChI is InChI=1S/C12H26N2/c1-10(2)7-8-14(12-5-6-12)11(3)9-13-4/h10-13H,5-9H2,1-4H3. The van der Waals surface area contributed by atoms with Gasteiger partial charge >= 0.3 is 0 Å². The molecule has 1 rings (SSSR count). The van der Waals surface area contributed by atoms with Crippen LogP contribution in [0.5, 0.6) is 0 Å². The van der Waals surface area contributed by atoms with Crippen molar-refractivity contribution in [3.8, 4) is 0 Å². The molecule has 1 N–H and O–H groups in total. The predicted octanol–water partition coefficient (Wildman–Crippen LogP) is 2.10. The summed E-state index contributed by atoms with van der Waals surface area (Å²) in [6.45, 7) is 9.37. The van der Waals surface area contributed by atoms with Crippen LogP contribution >= 0.6 is 0 Å². The molecule has 0 radical (unpaired) electrons. The Balaban J connectivity index is 2.30. The predicted molar refractivity (Wildman–Crippen MR) is 62.6 cm³/mol. The molecule has 0 aromatic carbocycles. The van der Waals surface area contributed by atoms with Crippen LogP contribution in [0.4, 0.5) is 0 Å². The van der Waals surface area contributed by atoms with Gasteiger partial charge in [0.15, 0.2) is 0 Å². The SMILES string of the molecule is CNCC(C)N(CCC(C)C)C1CC1. The maximum absolute atomic E-state index is 3.28. The average Bonchev–Trinajstić information content (AvgIpc) is 2.88. The Kier molecular flexibility index (Phi) is 4.90. The lowest BCUT2D eigenvalue weighted by molar-refractivity contribution is 0.186. The summed E-state index contributed by atoms with van der Waals surface area (Å²) in [6, 6.07) is 1.60. The number of hydrogen-bond acceptors (Lipinski definition) is 2. The molecule has 2 nitrogen and oxygen atoms in total. The number of nitrogens with zero attached hydrogens (tertiary/aromatic N) is 1. The molecule has 1 atom stereocenters. The van der Waals surface area contributed by atoms with Crippen LogP contribution in [0.2, 0.25) is 0 Å². The minimum atomic E-state index is 0.700. The fourth-order valence-corrected chi connectivity index (χ4v) is 1.99. The van der Waals surface area contributed by atoms with E-state index in [9.17, 15) is 0 Å². The molecule has 1 aliphatic rings. The molecule has 0 heterocycles. The summed E-state index contributed by atoms with van der Waals surface area (Å²) >= 11 is 0. The van der Waals surface area contributed by atoms with Gasteiger partial charge in [0.25, 0.3) is 0 Å². The maximum atomic E-state index is 3.28. The first kappa shape index (κ1) is 12.0. The minimum Gasteiger partial charge on any atom is -0.318 e. The van der Waals surface area contributed by atoms with Gasteiger partial charge in [0.1, 0.15) is 0 Å². The van der Waals surface area contributed by atoms with Crippen LogP contribution in [0.3, 0.4) is 0 Å². The number of rotatable bonds is 7. The van der Waals surface area contributed by atoms with Crippen molar-refractivity contribution in [3.05, 3.63) is 0 Å². The first-order chi connectivity index (χ1) is 6.65. The Morgan fingerprint density at radius 1 is 1.29 bits per heavy atom. The molecule has 84 valence electrons. The topological polar surface area (TPSA) is 15.3 Å². The van der Waals surface area contributed by atoms with Crippen molar-refractivity contribution in [1.82, 2.24) is 10.2 Å². The van der Waals surface area contributed by atoms with E-state index in [0.717, 1.165) is 18.5 Å². The van der Waals surface area contributed by atoms with Gasteiger partial charge in [-0.25, -0.2) is 0 Å². The van der Waals surface area contributed by atoms with E-state index in [1.165, 1.54) is 25.8 Å². The van der Waals surface area contributed by atoms with Gasteiger partial charge in [0.2, 0.25) is 0 Å². The van der Waals surface area contributed by atoms with Crippen LogP contribution in [0.25, 0.3) is 0 Å². The fraction of sp³-hybridized carbons (Fsp3) is 1.00. The molecule has 14 heavy (non-hydrogen) atoms. The number of hydrogen-bond donors (Lipinski definition) is 1. The minimum absolute atomic E-state index is 0.700. The lowest BCUT2D eigenvalue weighted by Gasteiger charge is -2.29. The summed E-state index contributed by atoms with van der Waals surface area (Å²) in [5, 5.41) is 3.28. The van der Waals surface area contributed by atoms with E-state index in [-0.39, 0.29) is 0 Å². The highest BCUT2D eigenvalue weighted by atomic mass is 15.2. The highest BCUT2D eigenvalue weighted by molar-refractivity contribution is 4.87. The molecule has 2 heteroatoms. The molecular weight excluding hydrogens is 172 g/mol. The second kappa shape index (κ2) is 5.72. The van der Waals surface area contributed by atoms with Crippen molar-refractivity contribution >= 4 is 0 Å². The summed E-state index contributed by atoms with van der Waals surface area (Å²) in [4.78, 5) is 2.69. The number of likely N-dealkylation sites (N-methyl/N-ethyl adjacent to an activating group) is 1. The third-order valence-corrected chi connectivity index (χ3v) is 3.05.